The van der Waals surface area contributed by atoms with Gasteiger partial charge < -0.3 is 5.09 Å². The predicted octanol–water partition coefficient (Wildman–Crippen LogP) is 3.81. The lowest BCUT2D eigenvalue weighted by molar-refractivity contribution is 0.587. The Morgan fingerprint density at radius 3 is 2.65 bits per heavy atom. The van der Waals surface area contributed by atoms with E-state index in [2.05, 4.69) is 10.1 Å². The molecular formula is C14H16FN2OPS. The first-order valence-electron chi connectivity index (χ1n) is 6.65. The van der Waals surface area contributed by atoms with Crippen LogP contribution in [0.4, 0.5) is 10.1 Å². The summed E-state index contributed by atoms with van der Waals surface area (Å²) in [6, 6.07) is 5.91. The molecule has 1 heterocycles. The van der Waals surface area contributed by atoms with Gasteiger partial charge in [-0.3, -0.25) is 4.57 Å². The summed E-state index contributed by atoms with van der Waals surface area (Å²) in [7, 11) is -2.75. The van der Waals surface area contributed by atoms with Gasteiger partial charge in [0.15, 0.2) is 4.75 Å². The molecule has 0 radical (unpaired) electrons. The van der Waals surface area contributed by atoms with Crippen LogP contribution in [0.5, 0.6) is 0 Å². The van der Waals surface area contributed by atoms with Crippen LogP contribution in [0.25, 0.3) is 0 Å². The largest absolute Gasteiger partial charge is 0.331 e. The molecule has 0 aliphatic heterocycles. The van der Waals surface area contributed by atoms with Crippen molar-refractivity contribution in [3.05, 3.63) is 40.7 Å². The minimum absolute atomic E-state index is 0.300. The molecule has 3 nitrogen and oxygen atoms in total. The molecule has 106 valence electrons. The van der Waals surface area contributed by atoms with E-state index < -0.39 is 7.29 Å². The lowest BCUT2D eigenvalue weighted by Gasteiger charge is -2.13. The number of aryl methyl sites for hydroxylation is 2. The summed E-state index contributed by atoms with van der Waals surface area (Å²) in [5.74, 6) is -0.300. The lowest BCUT2D eigenvalue weighted by atomic mass is 10.0. The fraction of sp³-hybridized carbons (Fsp3) is 0.357. The van der Waals surface area contributed by atoms with Crippen molar-refractivity contribution in [1.29, 1.82) is 0 Å². The molecule has 2 aromatic rings. The lowest BCUT2D eigenvalue weighted by Crippen LogP contribution is -2.10. The van der Waals surface area contributed by atoms with E-state index in [1.54, 1.807) is 30.1 Å². The summed E-state index contributed by atoms with van der Waals surface area (Å²) in [4.78, 5) is 5.83. The zero-order valence-corrected chi connectivity index (χ0v) is 12.9. The number of hydrogen-bond donors (Lipinski definition) is 1. The van der Waals surface area contributed by atoms with Crippen molar-refractivity contribution in [3.63, 3.8) is 0 Å². The van der Waals surface area contributed by atoms with Crippen LogP contribution in [-0.4, -0.2) is 11.6 Å². The molecule has 0 saturated carbocycles. The summed E-state index contributed by atoms with van der Waals surface area (Å²) in [6.45, 7) is 1.68. The molecule has 1 aromatic heterocycles. The van der Waals surface area contributed by atoms with E-state index in [-0.39, 0.29) is 5.82 Å². The predicted molar refractivity (Wildman–Crippen MR) is 81.9 cm³/mol. The van der Waals surface area contributed by atoms with E-state index in [1.807, 2.05) is 0 Å². The van der Waals surface area contributed by atoms with Gasteiger partial charge in [0.25, 0.3) is 0 Å². The second-order valence-electron chi connectivity index (χ2n) is 5.12. The van der Waals surface area contributed by atoms with Gasteiger partial charge in [0.05, 0.1) is 5.69 Å². The van der Waals surface area contributed by atoms with Crippen molar-refractivity contribution in [2.45, 2.75) is 25.7 Å². The Hall–Kier alpha value is -1.19. The summed E-state index contributed by atoms with van der Waals surface area (Å²) in [6.07, 6.45) is 4.38. The van der Waals surface area contributed by atoms with Crippen LogP contribution in [0.2, 0.25) is 0 Å². The molecule has 0 fully saturated rings. The minimum Gasteiger partial charge on any atom is -0.331 e. The second-order valence-corrected chi connectivity index (χ2v) is 9.00. The number of nitrogens with one attached hydrogen (secondary N) is 1. The van der Waals surface area contributed by atoms with Gasteiger partial charge in [-0.25, -0.2) is 9.37 Å². The smallest absolute Gasteiger partial charge is 0.223 e. The molecule has 0 amide bonds. The summed E-state index contributed by atoms with van der Waals surface area (Å²) >= 11 is 1.55. The molecule has 1 aliphatic carbocycles. The van der Waals surface area contributed by atoms with Gasteiger partial charge in [-0.15, -0.1) is 11.3 Å². The van der Waals surface area contributed by atoms with Crippen LogP contribution in [0.3, 0.4) is 0 Å². The quantitative estimate of drug-likeness (QED) is 0.877. The standard InChI is InChI=1S/C14H16FN2OPS/c1-19(18,17-11-8-6-10(15)7-9-11)14-16-12-4-2-3-5-13(12)20-14/h6-9H,2-5H2,1H3,(H,17,18)/t19-/m1/s1. The Bertz CT molecular complexity index is 645. The third-order valence-corrected chi connectivity index (χ3v) is 7.18. The number of hydrogen-bond acceptors (Lipinski definition) is 3. The van der Waals surface area contributed by atoms with Crippen molar-refractivity contribution < 1.29 is 8.96 Å². The van der Waals surface area contributed by atoms with E-state index in [0.717, 1.165) is 25.0 Å². The Balaban J connectivity index is 1.85. The number of benzene rings is 1. The maximum absolute atomic E-state index is 12.9. The van der Waals surface area contributed by atoms with E-state index >= 15 is 0 Å². The van der Waals surface area contributed by atoms with Gasteiger partial charge in [-0.1, -0.05) is 0 Å². The first-order valence-corrected chi connectivity index (χ1v) is 9.62. The molecule has 1 aromatic carbocycles. The molecule has 6 heteroatoms. The first kappa shape index (κ1) is 13.8. The Morgan fingerprint density at radius 1 is 1.25 bits per heavy atom. The van der Waals surface area contributed by atoms with Crippen molar-refractivity contribution in [2.24, 2.45) is 0 Å². The fourth-order valence-corrected chi connectivity index (χ4v) is 5.44. The highest BCUT2D eigenvalue weighted by Crippen LogP contribution is 2.42. The molecule has 1 aliphatic rings. The van der Waals surface area contributed by atoms with E-state index in [9.17, 15) is 8.96 Å². The van der Waals surface area contributed by atoms with Crippen LogP contribution >= 0.6 is 18.6 Å². The van der Waals surface area contributed by atoms with Gasteiger partial charge in [-0.2, -0.15) is 0 Å². The first-order chi connectivity index (χ1) is 9.54. The zero-order valence-electron chi connectivity index (χ0n) is 11.2. The van der Waals surface area contributed by atoms with Gasteiger partial charge >= 0.3 is 0 Å². The van der Waals surface area contributed by atoms with Crippen LogP contribution < -0.4 is 9.84 Å². The monoisotopic (exact) mass is 310 g/mol. The number of fused-ring (bicyclic) bond motifs is 1. The van der Waals surface area contributed by atoms with E-state index in [4.69, 9.17) is 0 Å². The van der Waals surface area contributed by atoms with Gasteiger partial charge in [0.2, 0.25) is 7.29 Å². The van der Waals surface area contributed by atoms with E-state index in [1.165, 1.54) is 23.4 Å². The Labute approximate surface area is 121 Å². The topological polar surface area (TPSA) is 42.0 Å². The molecule has 1 N–H and O–H groups in total. The summed E-state index contributed by atoms with van der Waals surface area (Å²) in [5.41, 5.74) is 1.77. The molecule has 0 spiro atoms. The normalized spacial score (nSPS) is 17.3. The second kappa shape index (κ2) is 5.30. The van der Waals surface area contributed by atoms with Crippen molar-refractivity contribution >= 4 is 29.1 Å². The van der Waals surface area contributed by atoms with Crippen molar-refractivity contribution in [3.8, 4) is 0 Å². The molecule has 20 heavy (non-hydrogen) atoms. The average Bonchev–Trinajstić information content (AvgIpc) is 2.86. The molecule has 0 saturated heterocycles. The number of halogens is 1. The van der Waals surface area contributed by atoms with Crippen molar-refractivity contribution in [1.82, 2.24) is 4.98 Å². The molecular weight excluding hydrogens is 294 g/mol. The number of rotatable bonds is 3. The third-order valence-electron chi connectivity index (χ3n) is 3.39. The highest BCUT2D eigenvalue weighted by molar-refractivity contribution is 7.77. The van der Waals surface area contributed by atoms with E-state index in [0.29, 0.717) is 10.4 Å². The Morgan fingerprint density at radius 2 is 1.95 bits per heavy atom. The van der Waals surface area contributed by atoms with Crippen LogP contribution in [-0.2, 0) is 17.4 Å². The van der Waals surface area contributed by atoms with Gasteiger partial charge in [0, 0.05) is 17.2 Å². The van der Waals surface area contributed by atoms with Gasteiger partial charge in [-0.05, 0) is 49.9 Å². The maximum atomic E-state index is 12.9. The molecule has 0 bridgehead atoms. The molecule has 3 rings (SSSR count). The van der Waals surface area contributed by atoms with Crippen LogP contribution in [0, 0.1) is 5.82 Å². The Kier molecular flexibility index (Phi) is 3.65. The number of aromatic nitrogens is 1. The number of thiazole rings is 1. The van der Waals surface area contributed by atoms with Crippen molar-refractivity contribution in [2.75, 3.05) is 11.8 Å². The van der Waals surface area contributed by atoms with Crippen LogP contribution in [0.1, 0.15) is 23.4 Å². The van der Waals surface area contributed by atoms with Gasteiger partial charge in [0.1, 0.15) is 5.82 Å². The average molecular weight is 310 g/mol. The van der Waals surface area contributed by atoms with Crippen LogP contribution in [0.15, 0.2) is 24.3 Å². The fourth-order valence-electron chi connectivity index (χ4n) is 2.34. The number of nitrogens with zero attached hydrogens (tertiary/aromatic N) is 1. The third kappa shape index (κ3) is 2.79. The zero-order chi connectivity index (χ0) is 14.2. The molecule has 0 unspecified atom stereocenters. The summed E-state index contributed by atoms with van der Waals surface area (Å²) < 4.78 is 26.4. The number of anilines is 1. The summed E-state index contributed by atoms with van der Waals surface area (Å²) in [5, 5.41) is 3.01. The minimum atomic E-state index is -2.75. The maximum Gasteiger partial charge on any atom is 0.223 e. The highest BCUT2D eigenvalue weighted by Gasteiger charge is 2.26. The molecule has 1 atom stereocenters. The SMILES string of the molecule is C[P@](=O)(Nc1ccc(F)cc1)c1nc2c(s1)CCCC2. The highest BCUT2D eigenvalue weighted by atomic mass is 32.1.